The lowest BCUT2D eigenvalue weighted by atomic mass is 10.2. The van der Waals surface area contributed by atoms with Gasteiger partial charge in [0.15, 0.2) is 5.82 Å². The SMILES string of the molecule is CN(C)c1cccc(-c2nn3c(-c4cccnc4)nnc3s2)c1. The summed E-state index contributed by atoms with van der Waals surface area (Å²) in [6.07, 6.45) is 3.50. The molecule has 0 fully saturated rings. The van der Waals surface area contributed by atoms with Gasteiger partial charge < -0.3 is 4.90 Å². The minimum atomic E-state index is 0.708. The van der Waals surface area contributed by atoms with Gasteiger partial charge >= 0.3 is 0 Å². The molecule has 0 saturated carbocycles. The fourth-order valence-electron chi connectivity index (χ4n) is 2.33. The Morgan fingerprint density at radius 1 is 1.04 bits per heavy atom. The first-order valence-corrected chi connectivity index (χ1v) is 7.94. The van der Waals surface area contributed by atoms with E-state index in [1.165, 1.54) is 11.3 Å². The van der Waals surface area contributed by atoms with Gasteiger partial charge in [0.05, 0.1) is 0 Å². The van der Waals surface area contributed by atoms with Gasteiger partial charge in [-0.2, -0.15) is 9.61 Å². The molecule has 7 heteroatoms. The molecule has 4 aromatic rings. The van der Waals surface area contributed by atoms with Crippen LogP contribution < -0.4 is 4.90 Å². The predicted molar refractivity (Wildman–Crippen MR) is 91.7 cm³/mol. The summed E-state index contributed by atoms with van der Waals surface area (Å²) in [4.78, 5) is 6.98. The van der Waals surface area contributed by atoms with E-state index < -0.39 is 0 Å². The molecule has 0 radical (unpaired) electrons. The van der Waals surface area contributed by atoms with Gasteiger partial charge in [0, 0.05) is 43.3 Å². The number of rotatable bonds is 3. The second-order valence-electron chi connectivity index (χ2n) is 5.31. The molecule has 0 spiro atoms. The monoisotopic (exact) mass is 322 g/mol. The van der Waals surface area contributed by atoms with Crippen molar-refractivity contribution in [1.82, 2.24) is 24.8 Å². The van der Waals surface area contributed by atoms with Crippen LogP contribution in [0, 0.1) is 0 Å². The zero-order valence-corrected chi connectivity index (χ0v) is 13.5. The van der Waals surface area contributed by atoms with Crippen molar-refractivity contribution in [3.63, 3.8) is 0 Å². The molecule has 3 heterocycles. The van der Waals surface area contributed by atoms with Gasteiger partial charge in [0.25, 0.3) is 0 Å². The Morgan fingerprint density at radius 2 is 1.91 bits per heavy atom. The van der Waals surface area contributed by atoms with E-state index in [0.717, 1.165) is 26.8 Å². The van der Waals surface area contributed by atoms with Crippen LogP contribution in [0.2, 0.25) is 0 Å². The molecule has 23 heavy (non-hydrogen) atoms. The van der Waals surface area contributed by atoms with Gasteiger partial charge in [-0.3, -0.25) is 4.98 Å². The van der Waals surface area contributed by atoms with E-state index >= 15 is 0 Å². The van der Waals surface area contributed by atoms with Crippen molar-refractivity contribution in [1.29, 1.82) is 0 Å². The molecular weight excluding hydrogens is 308 g/mol. The summed E-state index contributed by atoms with van der Waals surface area (Å²) in [6.45, 7) is 0. The van der Waals surface area contributed by atoms with Gasteiger partial charge in [0.1, 0.15) is 5.01 Å². The Hall–Kier alpha value is -2.80. The maximum atomic E-state index is 4.68. The molecule has 6 nitrogen and oxygen atoms in total. The highest BCUT2D eigenvalue weighted by atomic mass is 32.1. The number of nitrogens with zero attached hydrogens (tertiary/aromatic N) is 6. The molecule has 3 aromatic heterocycles. The Balaban J connectivity index is 1.81. The van der Waals surface area contributed by atoms with Crippen molar-refractivity contribution in [2.75, 3.05) is 19.0 Å². The zero-order chi connectivity index (χ0) is 15.8. The molecule has 0 aliphatic heterocycles. The zero-order valence-electron chi connectivity index (χ0n) is 12.7. The van der Waals surface area contributed by atoms with Crippen LogP contribution in [0.1, 0.15) is 0 Å². The van der Waals surface area contributed by atoms with Crippen LogP contribution in [0.3, 0.4) is 0 Å². The standard InChI is InChI=1S/C16H14N6S/c1-21(2)13-7-3-5-11(9-13)15-20-22-14(18-19-16(22)23-15)12-6-4-8-17-10-12/h3-10H,1-2H3. The van der Waals surface area contributed by atoms with E-state index in [9.17, 15) is 0 Å². The molecule has 0 amide bonds. The Morgan fingerprint density at radius 3 is 2.70 bits per heavy atom. The van der Waals surface area contributed by atoms with E-state index in [2.05, 4.69) is 43.4 Å². The summed E-state index contributed by atoms with van der Waals surface area (Å²) in [5.41, 5.74) is 3.11. The van der Waals surface area contributed by atoms with Crippen LogP contribution in [-0.2, 0) is 0 Å². The molecule has 1 aromatic carbocycles. The number of anilines is 1. The normalized spacial score (nSPS) is 11.0. The molecule has 0 unspecified atom stereocenters. The van der Waals surface area contributed by atoms with Crippen LogP contribution in [0.5, 0.6) is 0 Å². The van der Waals surface area contributed by atoms with Gasteiger partial charge in [-0.05, 0) is 24.3 Å². The van der Waals surface area contributed by atoms with E-state index in [1.807, 2.05) is 32.3 Å². The summed E-state index contributed by atoms with van der Waals surface area (Å²) in [6, 6.07) is 12.1. The molecule has 0 N–H and O–H groups in total. The fourth-order valence-corrected chi connectivity index (χ4v) is 3.16. The van der Waals surface area contributed by atoms with Crippen molar-refractivity contribution in [3.8, 4) is 22.0 Å². The third kappa shape index (κ3) is 2.44. The third-order valence-electron chi connectivity index (χ3n) is 3.52. The van der Waals surface area contributed by atoms with E-state index in [-0.39, 0.29) is 0 Å². The number of pyridine rings is 1. The van der Waals surface area contributed by atoms with Gasteiger partial charge in [-0.25, -0.2) is 0 Å². The lowest BCUT2D eigenvalue weighted by molar-refractivity contribution is 0.968. The van der Waals surface area contributed by atoms with Crippen molar-refractivity contribution in [2.24, 2.45) is 0 Å². The highest BCUT2D eigenvalue weighted by molar-refractivity contribution is 7.19. The minimum Gasteiger partial charge on any atom is -0.378 e. The van der Waals surface area contributed by atoms with E-state index in [0.29, 0.717) is 5.82 Å². The molecule has 0 saturated heterocycles. The van der Waals surface area contributed by atoms with Gasteiger partial charge in [0.2, 0.25) is 4.96 Å². The first kappa shape index (κ1) is 13.8. The molecule has 4 rings (SSSR count). The molecular formula is C16H14N6S. The topological polar surface area (TPSA) is 59.2 Å². The third-order valence-corrected chi connectivity index (χ3v) is 4.47. The summed E-state index contributed by atoms with van der Waals surface area (Å²) in [5.74, 6) is 0.708. The lowest BCUT2D eigenvalue weighted by Gasteiger charge is -2.12. The van der Waals surface area contributed by atoms with Crippen molar-refractivity contribution in [3.05, 3.63) is 48.8 Å². The average Bonchev–Trinajstić information content (AvgIpc) is 3.16. The molecule has 0 aliphatic rings. The molecule has 0 atom stereocenters. The molecule has 114 valence electrons. The van der Waals surface area contributed by atoms with Crippen LogP contribution in [0.4, 0.5) is 5.69 Å². The number of hydrogen-bond donors (Lipinski definition) is 0. The highest BCUT2D eigenvalue weighted by Crippen LogP contribution is 2.29. The van der Waals surface area contributed by atoms with E-state index in [1.54, 1.807) is 16.9 Å². The first-order valence-electron chi connectivity index (χ1n) is 7.13. The number of aromatic nitrogens is 5. The van der Waals surface area contributed by atoms with Crippen molar-refractivity contribution in [2.45, 2.75) is 0 Å². The quantitative estimate of drug-likeness (QED) is 0.580. The first-order chi connectivity index (χ1) is 11.2. The molecule has 0 bridgehead atoms. The highest BCUT2D eigenvalue weighted by Gasteiger charge is 2.14. The Labute approximate surface area is 137 Å². The minimum absolute atomic E-state index is 0.708. The Bertz CT molecular complexity index is 957. The Kier molecular flexibility index (Phi) is 3.27. The number of fused-ring (bicyclic) bond motifs is 1. The lowest BCUT2D eigenvalue weighted by Crippen LogP contribution is -2.08. The van der Waals surface area contributed by atoms with Crippen molar-refractivity contribution < 1.29 is 0 Å². The maximum Gasteiger partial charge on any atom is 0.235 e. The summed E-state index contributed by atoms with van der Waals surface area (Å²) >= 11 is 1.53. The van der Waals surface area contributed by atoms with Gasteiger partial charge in [-0.1, -0.05) is 23.5 Å². The number of hydrogen-bond acceptors (Lipinski definition) is 6. The number of benzene rings is 1. The van der Waals surface area contributed by atoms with Gasteiger partial charge in [-0.15, -0.1) is 10.2 Å². The second kappa shape index (κ2) is 5.44. The van der Waals surface area contributed by atoms with Crippen LogP contribution in [-0.4, -0.2) is 38.9 Å². The van der Waals surface area contributed by atoms with Crippen LogP contribution in [0.25, 0.3) is 26.9 Å². The van der Waals surface area contributed by atoms with Crippen LogP contribution in [0.15, 0.2) is 48.8 Å². The summed E-state index contributed by atoms with van der Waals surface area (Å²) in [5, 5.41) is 14.1. The smallest absolute Gasteiger partial charge is 0.235 e. The predicted octanol–water partition coefficient (Wildman–Crippen LogP) is 2.98. The summed E-state index contributed by atoms with van der Waals surface area (Å²) in [7, 11) is 4.05. The van der Waals surface area contributed by atoms with E-state index in [4.69, 9.17) is 0 Å². The fraction of sp³-hybridized carbons (Fsp3) is 0.125. The van der Waals surface area contributed by atoms with Crippen molar-refractivity contribution >= 4 is 22.0 Å². The second-order valence-corrected chi connectivity index (χ2v) is 6.27. The average molecular weight is 322 g/mol. The molecule has 0 aliphatic carbocycles. The summed E-state index contributed by atoms with van der Waals surface area (Å²) < 4.78 is 1.78. The van der Waals surface area contributed by atoms with Crippen LogP contribution >= 0.6 is 11.3 Å². The maximum absolute atomic E-state index is 4.68. The largest absolute Gasteiger partial charge is 0.378 e.